The first-order valence-electron chi connectivity index (χ1n) is 6.40. The number of hydrogen-bond donors (Lipinski definition) is 1. The Bertz CT molecular complexity index is 960. The van der Waals surface area contributed by atoms with E-state index in [1.807, 2.05) is 0 Å². The molecule has 4 heterocycles. The van der Waals surface area contributed by atoms with E-state index in [2.05, 4.69) is 15.6 Å². The van der Waals surface area contributed by atoms with Crippen LogP contribution in [-0.4, -0.2) is 24.7 Å². The molecular weight excluding hydrogens is 344 g/mol. The molecule has 13 heteroatoms. The fourth-order valence-corrected chi connectivity index (χ4v) is 3.06. The summed E-state index contributed by atoms with van der Waals surface area (Å²) < 4.78 is 11.7. The maximum absolute atomic E-state index is 10.7. The van der Waals surface area contributed by atoms with Gasteiger partial charge in [-0.3, -0.25) is 20.2 Å². The molecule has 0 bridgehead atoms. The second kappa shape index (κ2) is 5.09. The van der Waals surface area contributed by atoms with Crippen molar-refractivity contribution in [2.75, 3.05) is 5.43 Å². The van der Waals surface area contributed by atoms with Gasteiger partial charge in [0.1, 0.15) is 15.6 Å². The fraction of sp³-hybridized carbons (Fsp3) is 0.0909. The molecule has 1 unspecified atom stereocenters. The molecule has 1 atom stereocenters. The van der Waals surface area contributed by atoms with E-state index in [0.717, 1.165) is 0 Å². The Kier molecular flexibility index (Phi) is 3.02. The number of hydrogen-bond acceptors (Lipinski definition) is 10. The number of nitro groups is 2. The van der Waals surface area contributed by atoms with E-state index in [9.17, 15) is 20.2 Å². The minimum absolute atomic E-state index is 0.166. The Morgan fingerprint density at radius 3 is 2.46 bits per heavy atom. The Morgan fingerprint density at radius 2 is 1.79 bits per heavy atom. The third-order valence-corrected chi connectivity index (χ3v) is 4.19. The molecule has 12 nitrogen and oxygen atoms in total. The maximum Gasteiger partial charge on any atom is 0.433 e. The lowest BCUT2D eigenvalue weighted by Crippen LogP contribution is -2.13. The zero-order valence-corrected chi connectivity index (χ0v) is 12.3. The van der Waals surface area contributed by atoms with E-state index in [0.29, 0.717) is 10.9 Å². The lowest BCUT2D eigenvalue weighted by molar-refractivity contribution is -0.402. The van der Waals surface area contributed by atoms with Crippen molar-refractivity contribution in [1.82, 2.24) is 14.9 Å². The van der Waals surface area contributed by atoms with Crippen molar-refractivity contribution < 1.29 is 18.7 Å². The number of nitrogens with one attached hydrogen (secondary N) is 1. The van der Waals surface area contributed by atoms with Crippen molar-refractivity contribution in [3.05, 3.63) is 50.3 Å². The number of aromatic nitrogens is 3. The van der Waals surface area contributed by atoms with Gasteiger partial charge in [-0.1, -0.05) is 0 Å². The van der Waals surface area contributed by atoms with Crippen LogP contribution in [0.25, 0.3) is 11.6 Å². The molecule has 3 aromatic heterocycles. The van der Waals surface area contributed by atoms with Crippen LogP contribution in [0, 0.1) is 20.2 Å². The van der Waals surface area contributed by atoms with Gasteiger partial charge in [-0.05, 0) is 23.9 Å². The lowest BCUT2D eigenvalue weighted by atomic mass is 10.4. The molecule has 3 aromatic rings. The van der Waals surface area contributed by atoms with Crippen LogP contribution < -0.4 is 5.43 Å². The van der Waals surface area contributed by atoms with Crippen molar-refractivity contribution in [2.45, 2.75) is 10.5 Å². The number of fused-ring (bicyclic) bond motifs is 1. The van der Waals surface area contributed by atoms with Gasteiger partial charge < -0.3 is 14.3 Å². The van der Waals surface area contributed by atoms with Gasteiger partial charge in [0, 0.05) is 0 Å². The van der Waals surface area contributed by atoms with Crippen molar-refractivity contribution in [3.63, 3.8) is 0 Å². The number of furan rings is 2. The maximum atomic E-state index is 10.7. The van der Waals surface area contributed by atoms with Gasteiger partial charge >= 0.3 is 11.8 Å². The van der Waals surface area contributed by atoms with Crippen molar-refractivity contribution in [2.24, 2.45) is 0 Å². The van der Waals surface area contributed by atoms with Gasteiger partial charge in [0.15, 0.2) is 11.1 Å². The normalized spacial score (nSPS) is 15.9. The van der Waals surface area contributed by atoms with Crippen molar-refractivity contribution >= 4 is 23.5 Å². The minimum Gasteiger partial charge on any atom is -0.403 e. The van der Waals surface area contributed by atoms with Gasteiger partial charge in [-0.15, -0.1) is 10.2 Å². The van der Waals surface area contributed by atoms with Crippen LogP contribution in [0.3, 0.4) is 0 Å². The molecule has 0 spiro atoms. The summed E-state index contributed by atoms with van der Waals surface area (Å²) in [4.78, 5) is 20.1. The molecule has 1 N–H and O–H groups in total. The lowest BCUT2D eigenvalue weighted by Gasteiger charge is -2.07. The zero-order valence-electron chi connectivity index (χ0n) is 11.5. The smallest absolute Gasteiger partial charge is 0.403 e. The molecule has 0 amide bonds. The summed E-state index contributed by atoms with van der Waals surface area (Å²) in [6.45, 7) is 0. The zero-order chi connectivity index (χ0) is 16.8. The quantitative estimate of drug-likeness (QED) is 0.547. The third-order valence-electron chi connectivity index (χ3n) is 3.15. The fourth-order valence-electron chi connectivity index (χ4n) is 2.12. The summed E-state index contributed by atoms with van der Waals surface area (Å²) in [6, 6.07) is 5.37. The van der Waals surface area contributed by atoms with Crippen LogP contribution in [0.15, 0.2) is 38.3 Å². The number of thioether (sulfide) groups is 1. The van der Waals surface area contributed by atoms with Gasteiger partial charge in [0.05, 0.1) is 12.1 Å². The average molecular weight is 350 g/mol. The summed E-state index contributed by atoms with van der Waals surface area (Å²) >= 11 is 1.23. The summed E-state index contributed by atoms with van der Waals surface area (Å²) in [6.07, 6.45) is 0. The van der Waals surface area contributed by atoms with E-state index in [4.69, 9.17) is 8.83 Å². The molecule has 122 valence electrons. The molecule has 24 heavy (non-hydrogen) atoms. The molecule has 0 saturated carbocycles. The van der Waals surface area contributed by atoms with Gasteiger partial charge in [0.25, 0.3) is 0 Å². The van der Waals surface area contributed by atoms with Gasteiger partial charge in [-0.25, -0.2) is 4.68 Å². The van der Waals surface area contributed by atoms with Crippen LogP contribution in [0.2, 0.25) is 0 Å². The summed E-state index contributed by atoms with van der Waals surface area (Å²) in [5.74, 6) is -0.0227. The van der Waals surface area contributed by atoms with Crippen molar-refractivity contribution in [1.29, 1.82) is 0 Å². The number of nitrogens with zero attached hydrogens (tertiary/aromatic N) is 5. The van der Waals surface area contributed by atoms with E-state index in [1.54, 1.807) is 0 Å². The first-order chi connectivity index (χ1) is 11.5. The summed E-state index contributed by atoms with van der Waals surface area (Å²) in [7, 11) is 0. The highest BCUT2D eigenvalue weighted by Gasteiger charge is 2.32. The predicted molar refractivity (Wildman–Crippen MR) is 77.7 cm³/mol. The van der Waals surface area contributed by atoms with Crippen molar-refractivity contribution in [3.8, 4) is 11.6 Å². The Morgan fingerprint density at radius 1 is 1.08 bits per heavy atom. The average Bonchev–Trinajstić information content (AvgIpc) is 3.28. The van der Waals surface area contributed by atoms with Crippen LogP contribution in [-0.2, 0) is 0 Å². The van der Waals surface area contributed by atoms with E-state index >= 15 is 0 Å². The standard InChI is InChI=1S/C11H6N6O6S/c18-16(19)7-3-1-5(22-7)9-12-13-11-15(9)14-10(24-11)6-2-4-8(23-6)17(20)21/h1-4,10,14H. The monoisotopic (exact) mass is 350 g/mol. The molecular formula is C11H6N6O6S. The van der Waals surface area contributed by atoms with Crippen LogP contribution >= 0.6 is 11.8 Å². The molecule has 0 aliphatic carbocycles. The Labute approximate surface area is 135 Å². The van der Waals surface area contributed by atoms with E-state index in [1.165, 1.54) is 40.7 Å². The summed E-state index contributed by atoms with van der Waals surface area (Å²) in [5, 5.41) is 29.3. The minimum atomic E-state index is -0.655. The molecule has 1 aliphatic rings. The molecule has 0 fully saturated rings. The third kappa shape index (κ3) is 2.18. The van der Waals surface area contributed by atoms with Crippen LogP contribution in [0.5, 0.6) is 0 Å². The molecule has 0 aromatic carbocycles. The second-order valence-corrected chi connectivity index (χ2v) is 5.67. The topological polar surface area (TPSA) is 155 Å². The molecule has 1 aliphatic heterocycles. The van der Waals surface area contributed by atoms with Crippen LogP contribution in [0.4, 0.5) is 11.8 Å². The highest BCUT2D eigenvalue weighted by atomic mass is 32.2. The predicted octanol–water partition coefficient (Wildman–Crippen LogP) is 2.30. The largest absolute Gasteiger partial charge is 0.433 e. The molecule has 4 rings (SSSR count). The molecule has 0 saturated heterocycles. The second-order valence-electron chi connectivity index (χ2n) is 4.60. The number of rotatable bonds is 4. The summed E-state index contributed by atoms with van der Waals surface area (Å²) in [5.41, 5.74) is 3.00. The van der Waals surface area contributed by atoms with Crippen LogP contribution in [0.1, 0.15) is 11.1 Å². The SMILES string of the molecule is O=[N+]([O-])c1ccc(-c2nnc3n2NC(c2ccc([N+](=O)[O-])o2)S3)o1. The van der Waals surface area contributed by atoms with E-state index < -0.39 is 21.1 Å². The highest BCUT2D eigenvalue weighted by Crippen LogP contribution is 2.41. The first kappa shape index (κ1) is 14.3. The van der Waals surface area contributed by atoms with Gasteiger partial charge in [-0.2, -0.15) is 0 Å². The Balaban J connectivity index is 1.62. The van der Waals surface area contributed by atoms with Gasteiger partial charge in [0.2, 0.25) is 11.0 Å². The molecule has 0 radical (unpaired) electrons. The Hall–Kier alpha value is -3.35. The highest BCUT2D eigenvalue weighted by molar-refractivity contribution is 7.99. The van der Waals surface area contributed by atoms with E-state index in [-0.39, 0.29) is 17.5 Å². The first-order valence-corrected chi connectivity index (χ1v) is 7.28.